The molecule has 0 aliphatic carbocycles. The van der Waals surface area contributed by atoms with E-state index >= 15 is 0 Å². The maximum atomic E-state index is 13.3. The van der Waals surface area contributed by atoms with Crippen molar-refractivity contribution in [1.29, 1.82) is 0 Å². The molecule has 0 spiro atoms. The van der Waals surface area contributed by atoms with Gasteiger partial charge in [0.05, 0.1) is 18.8 Å². The van der Waals surface area contributed by atoms with Gasteiger partial charge in [-0.15, -0.1) is 0 Å². The highest BCUT2D eigenvalue weighted by molar-refractivity contribution is 5.79. The van der Waals surface area contributed by atoms with Crippen molar-refractivity contribution in [3.63, 3.8) is 0 Å². The molecule has 1 aliphatic heterocycles. The van der Waals surface area contributed by atoms with E-state index in [0.717, 1.165) is 17.5 Å². The van der Waals surface area contributed by atoms with Gasteiger partial charge in [0.25, 0.3) is 0 Å². The van der Waals surface area contributed by atoms with Gasteiger partial charge in [0.2, 0.25) is 0 Å². The molecule has 2 aromatic carbocycles. The van der Waals surface area contributed by atoms with Crippen LogP contribution in [-0.2, 0) is 0 Å². The van der Waals surface area contributed by atoms with E-state index in [0.29, 0.717) is 31.0 Å². The van der Waals surface area contributed by atoms with E-state index in [1.165, 1.54) is 12.1 Å². The second kappa shape index (κ2) is 5.33. The molecule has 1 heterocycles. The monoisotopic (exact) mass is 272 g/mol. The van der Waals surface area contributed by atoms with Crippen molar-refractivity contribution in [2.45, 2.75) is 6.42 Å². The molecule has 0 fully saturated rings. The van der Waals surface area contributed by atoms with Gasteiger partial charge >= 0.3 is 0 Å². The Morgan fingerprint density at radius 1 is 0.950 bits per heavy atom. The van der Waals surface area contributed by atoms with E-state index in [1.807, 2.05) is 18.2 Å². The summed E-state index contributed by atoms with van der Waals surface area (Å²) in [7, 11) is 0. The molecular formula is C16H13FO3. The van der Waals surface area contributed by atoms with E-state index in [2.05, 4.69) is 0 Å². The largest absolute Gasteiger partial charge is 0.490 e. The Bertz CT molecular complexity index is 652. The molecule has 20 heavy (non-hydrogen) atoms. The average Bonchev–Trinajstić information content (AvgIpc) is 2.72. The summed E-state index contributed by atoms with van der Waals surface area (Å²) in [6, 6.07) is 10.0. The quantitative estimate of drug-likeness (QED) is 0.785. The topological polar surface area (TPSA) is 35.5 Å². The smallest absolute Gasteiger partial charge is 0.161 e. The zero-order chi connectivity index (χ0) is 13.9. The standard InChI is InChI=1S/C16H13FO3/c17-14-4-2-11(8-13(14)10-18)12-3-5-15-16(9-12)20-7-1-6-19-15/h2-5,8-10H,1,6-7H2. The molecule has 0 saturated heterocycles. The van der Waals surface area contributed by atoms with Gasteiger partial charge in [0.1, 0.15) is 5.82 Å². The van der Waals surface area contributed by atoms with E-state index in [9.17, 15) is 9.18 Å². The van der Waals surface area contributed by atoms with E-state index < -0.39 is 5.82 Å². The van der Waals surface area contributed by atoms with Gasteiger partial charge in [0, 0.05) is 6.42 Å². The van der Waals surface area contributed by atoms with Gasteiger partial charge in [-0.05, 0) is 35.4 Å². The van der Waals surface area contributed by atoms with Crippen molar-refractivity contribution in [2.75, 3.05) is 13.2 Å². The number of fused-ring (bicyclic) bond motifs is 1. The molecule has 3 rings (SSSR count). The van der Waals surface area contributed by atoms with Crippen LogP contribution in [0, 0.1) is 5.82 Å². The average molecular weight is 272 g/mol. The molecule has 0 atom stereocenters. The van der Waals surface area contributed by atoms with Crippen LogP contribution in [0.25, 0.3) is 11.1 Å². The lowest BCUT2D eigenvalue weighted by Crippen LogP contribution is -1.97. The molecule has 0 unspecified atom stereocenters. The minimum Gasteiger partial charge on any atom is -0.490 e. The van der Waals surface area contributed by atoms with Crippen molar-refractivity contribution in [3.8, 4) is 22.6 Å². The Kier molecular flexibility index (Phi) is 3.37. The summed E-state index contributed by atoms with van der Waals surface area (Å²) in [5.41, 5.74) is 1.68. The highest BCUT2D eigenvalue weighted by atomic mass is 19.1. The van der Waals surface area contributed by atoms with Gasteiger partial charge in [-0.2, -0.15) is 0 Å². The maximum Gasteiger partial charge on any atom is 0.161 e. The lowest BCUT2D eigenvalue weighted by molar-refractivity contribution is 0.112. The first-order chi connectivity index (χ1) is 9.78. The Morgan fingerprint density at radius 3 is 2.45 bits per heavy atom. The van der Waals surface area contributed by atoms with Gasteiger partial charge in [-0.25, -0.2) is 4.39 Å². The molecule has 0 N–H and O–H groups in total. The number of carbonyl (C=O) groups excluding carboxylic acids is 1. The van der Waals surface area contributed by atoms with Crippen LogP contribution in [0.15, 0.2) is 36.4 Å². The number of aldehydes is 1. The Balaban J connectivity index is 2.02. The molecule has 1 aliphatic rings. The molecule has 4 heteroatoms. The molecular weight excluding hydrogens is 259 g/mol. The lowest BCUT2D eigenvalue weighted by Gasteiger charge is -2.10. The van der Waals surface area contributed by atoms with Gasteiger partial charge < -0.3 is 9.47 Å². The lowest BCUT2D eigenvalue weighted by atomic mass is 10.0. The van der Waals surface area contributed by atoms with Gasteiger partial charge in [-0.1, -0.05) is 12.1 Å². The second-order valence-corrected chi connectivity index (χ2v) is 4.57. The second-order valence-electron chi connectivity index (χ2n) is 4.57. The molecule has 0 saturated carbocycles. The molecule has 0 amide bonds. The number of ether oxygens (including phenoxy) is 2. The number of halogens is 1. The highest BCUT2D eigenvalue weighted by Gasteiger charge is 2.12. The van der Waals surface area contributed by atoms with Crippen LogP contribution < -0.4 is 9.47 Å². The number of benzene rings is 2. The predicted molar refractivity (Wildman–Crippen MR) is 72.8 cm³/mol. The third-order valence-electron chi connectivity index (χ3n) is 3.20. The van der Waals surface area contributed by atoms with Crippen LogP contribution in [0.2, 0.25) is 0 Å². The van der Waals surface area contributed by atoms with Gasteiger partial charge in [0.15, 0.2) is 17.8 Å². The summed E-state index contributed by atoms with van der Waals surface area (Å²) >= 11 is 0. The van der Waals surface area contributed by atoms with Crippen LogP contribution in [0.1, 0.15) is 16.8 Å². The van der Waals surface area contributed by atoms with Crippen molar-refractivity contribution < 1.29 is 18.7 Å². The Morgan fingerprint density at radius 2 is 1.65 bits per heavy atom. The fourth-order valence-corrected chi connectivity index (χ4v) is 2.16. The molecule has 2 aromatic rings. The van der Waals surface area contributed by atoms with Crippen molar-refractivity contribution in [3.05, 3.63) is 47.8 Å². The predicted octanol–water partition coefficient (Wildman–Crippen LogP) is 3.47. The minimum atomic E-state index is -0.516. The SMILES string of the molecule is O=Cc1cc(-c2ccc3c(c2)OCCCO3)ccc1F. The molecule has 0 radical (unpaired) electrons. The zero-order valence-corrected chi connectivity index (χ0v) is 10.8. The third-order valence-corrected chi connectivity index (χ3v) is 3.20. The van der Waals surface area contributed by atoms with E-state index in [1.54, 1.807) is 6.07 Å². The third kappa shape index (κ3) is 2.37. The first-order valence-corrected chi connectivity index (χ1v) is 6.43. The summed E-state index contributed by atoms with van der Waals surface area (Å²) in [6.45, 7) is 1.25. The Labute approximate surface area is 115 Å². The van der Waals surface area contributed by atoms with Crippen molar-refractivity contribution in [2.24, 2.45) is 0 Å². The maximum absolute atomic E-state index is 13.3. The Hall–Kier alpha value is -2.36. The van der Waals surface area contributed by atoms with Crippen LogP contribution in [-0.4, -0.2) is 19.5 Å². The molecule has 3 nitrogen and oxygen atoms in total. The number of hydrogen-bond donors (Lipinski definition) is 0. The van der Waals surface area contributed by atoms with Gasteiger partial charge in [-0.3, -0.25) is 4.79 Å². The van der Waals surface area contributed by atoms with E-state index in [-0.39, 0.29) is 5.56 Å². The van der Waals surface area contributed by atoms with E-state index in [4.69, 9.17) is 9.47 Å². The minimum absolute atomic E-state index is 0.0506. The zero-order valence-electron chi connectivity index (χ0n) is 10.8. The summed E-state index contributed by atoms with van der Waals surface area (Å²) < 4.78 is 24.5. The number of carbonyl (C=O) groups is 1. The fourth-order valence-electron chi connectivity index (χ4n) is 2.16. The molecule has 0 aromatic heterocycles. The fraction of sp³-hybridized carbons (Fsp3) is 0.188. The highest BCUT2D eigenvalue weighted by Crippen LogP contribution is 2.34. The number of rotatable bonds is 2. The summed E-state index contributed by atoms with van der Waals surface area (Å²) in [5.74, 6) is 0.874. The van der Waals surface area contributed by atoms with Crippen LogP contribution in [0.5, 0.6) is 11.5 Å². The summed E-state index contributed by atoms with van der Waals surface area (Å²) in [6.07, 6.45) is 1.36. The summed E-state index contributed by atoms with van der Waals surface area (Å²) in [4.78, 5) is 10.8. The van der Waals surface area contributed by atoms with Crippen LogP contribution in [0.4, 0.5) is 4.39 Å². The van der Waals surface area contributed by atoms with Crippen LogP contribution >= 0.6 is 0 Å². The normalized spacial score (nSPS) is 13.7. The first kappa shape index (κ1) is 12.7. The molecule has 0 bridgehead atoms. The number of hydrogen-bond acceptors (Lipinski definition) is 3. The van der Waals surface area contributed by atoms with Crippen LogP contribution in [0.3, 0.4) is 0 Å². The van der Waals surface area contributed by atoms with Crippen molar-refractivity contribution in [1.82, 2.24) is 0 Å². The first-order valence-electron chi connectivity index (χ1n) is 6.43. The summed E-state index contributed by atoms with van der Waals surface area (Å²) in [5, 5.41) is 0. The molecule has 102 valence electrons. The van der Waals surface area contributed by atoms with Crippen molar-refractivity contribution >= 4 is 6.29 Å².